The molecule has 3 heteroatoms. The van der Waals surface area contributed by atoms with Gasteiger partial charge in [-0.15, -0.1) is 0 Å². The van der Waals surface area contributed by atoms with Crippen molar-refractivity contribution >= 4 is 0 Å². The zero-order valence-corrected chi connectivity index (χ0v) is 13.2. The molecule has 0 saturated heterocycles. The predicted molar refractivity (Wildman–Crippen MR) is 81.8 cm³/mol. The summed E-state index contributed by atoms with van der Waals surface area (Å²) in [7, 11) is 1.75. The van der Waals surface area contributed by atoms with E-state index in [9.17, 15) is 0 Å². The Labute approximate surface area is 117 Å². The summed E-state index contributed by atoms with van der Waals surface area (Å²) >= 11 is 0. The van der Waals surface area contributed by atoms with Crippen LogP contribution in [0.5, 0.6) is 5.75 Å². The van der Waals surface area contributed by atoms with Gasteiger partial charge < -0.3 is 15.8 Å². The minimum atomic E-state index is 0.0466. The van der Waals surface area contributed by atoms with E-state index in [1.165, 1.54) is 22.3 Å². The minimum Gasteiger partial charge on any atom is -0.496 e. The van der Waals surface area contributed by atoms with Crippen LogP contribution in [-0.4, -0.2) is 19.2 Å². The van der Waals surface area contributed by atoms with E-state index >= 15 is 0 Å². The van der Waals surface area contributed by atoms with Crippen LogP contribution in [0.3, 0.4) is 0 Å². The molecule has 3 N–H and O–H groups in total. The molecule has 0 aliphatic carbocycles. The summed E-state index contributed by atoms with van der Waals surface area (Å²) in [6.45, 7) is 12.3. The Kier molecular flexibility index (Phi) is 5.39. The van der Waals surface area contributed by atoms with E-state index in [2.05, 4.69) is 46.0 Å². The topological polar surface area (TPSA) is 47.3 Å². The highest BCUT2D eigenvalue weighted by Crippen LogP contribution is 2.29. The van der Waals surface area contributed by atoms with Crippen LogP contribution in [0.2, 0.25) is 0 Å². The first-order chi connectivity index (χ1) is 8.82. The number of methoxy groups -OCH3 is 1. The summed E-state index contributed by atoms with van der Waals surface area (Å²) < 4.78 is 5.60. The van der Waals surface area contributed by atoms with E-state index in [0.717, 1.165) is 18.7 Å². The molecule has 1 aromatic rings. The van der Waals surface area contributed by atoms with E-state index in [4.69, 9.17) is 10.5 Å². The molecule has 0 saturated carbocycles. The number of benzene rings is 1. The highest BCUT2D eigenvalue weighted by molar-refractivity contribution is 5.49. The Morgan fingerprint density at radius 1 is 1.21 bits per heavy atom. The first kappa shape index (κ1) is 16.0. The van der Waals surface area contributed by atoms with E-state index in [1.54, 1.807) is 7.11 Å². The van der Waals surface area contributed by atoms with Crippen molar-refractivity contribution < 1.29 is 4.74 Å². The lowest BCUT2D eigenvalue weighted by Gasteiger charge is -2.27. The molecule has 0 fully saturated rings. The molecule has 0 unspecified atom stereocenters. The summed E-state index contributed by atoms with van der Waals surface area (Å²) in [4.78, 5) is 0. The Morgan fingerprint density at radius 2 is 1.84 bits per heavy atom. The lowest BCUT2D eigenvalue weighted by Crippen LogP contribution is -2.40. The zero-order valence-electron chi connectivity index (χ0n) is 13.2. The molecule has 0 spiro atoms. The van der Waals surface area contributed by atoms with Crippen LogP contribution in [0.25, 0.3) is 0 Å². The van der Waals surface area contributed by atoms with Gasteiger partial charge in [-0.2, -0.15) is 0 Å². The van der Waals surface area contributed by atoms with E-state index in [0.29, 0.717) is 6.54 Å². The van der Waals surface area contributed by atoms with Gasteiger partial charge >= 0.3 is 0 Å². The van der Waals surface area contributed by atoms with Crippen molar-refractivity contribution in [2.75, 3.05) is 13.7 Å². The molecule has 0 heterocycles. The number of aryl methyl sites for hydroxylation is 2. The van der Waals surface area contributed by atoms with E-state index in [1.807, 2.05) is 0 Å². The molecule has 0 amide bonds. The fourth-order valence-corrected chi connectivity index (χ4v) is 2.38. The maximum absolute atomic E-state index is 5.65. The van der Waals surface area contributed by atoms with Crippen molar-refractivity contribution in [1.29, 1.82) is 0 Å². The van der Waals surface area contributed by atoms with E-state index < -0.39 is 0 Å². The zero-order chi connectivity index (χ0) is 14.6. The van der Waals surface area contributed by atoms with Gasteiger partial charge in [-0.1, -0.05) is 6.07 Å². The largest absolute Gasteiger partial charge is 0.496 e. The summed E-state index contributed by atoms with van der Waals surface area (Å²) in [5.74, 6) is 1.01. The average molecular weight is 264 g/mol. The fraction of sp³-hybridized carbons (Fsp3) is 0.625. The van der Waals surface area contributed by atoms with Crippen LogP contribution in [-0.2, 0) is 6.54 Å². The number of ether oxygens (including phenoxy) is 1. The molecule has 0 atom stereocenters. The van der Waals surface area contributed by atoms with Crippen molar-refractivity contribution in [1.82, 2.24) is 5.32 Å². The Bertz CT molecular complexity index is 439. The highest BCUT2D eigenvalue weighted by atomic mass is 16.5. The summed E-state index contributed by atoms with van der Waals surface area (Å²) in [6, 6.07) is 2.23. The van der Waals surface area contributed by atoms with Crippen molar-refractivity contribution in [3.63, 3.8) is 0 Å². The first-order valence-electron chi connectivity index (χ1n) is 6.91. The first-order valence-corrected chi connectivity index (χ1v) is 6.91. The Balaban J connectivity index is 2.98. The maximum atomic E-state index is 5.65. The Morgan fingerprint density at radius 3 is 2.37 bits per heavy atom. The lowest BCUT2D eigenvalue weighted by molar-refractivity contribution is 0.355. The number of rotatable bonds is 6. The van der Waals surface area contributed by atoms with Gasteiger partial charge in [0.05, 0.1) is 7.11 Å². The Hall–Kier alpha value is -1.06. The molecule has 1 aromatic carbocycles. The predicted octanol–water partition coefficient (Wildman–Crippen LogP) is 2.84. The summed E-state index contributed by atoms with van der Waals surface area (Å²) in [6.07, 6.45) is 0.958. The van der Waals surface area contributed by atoms with Gasteiger partial charge in [0.15, 0.2) is 0 Å². The second-order valence-corrected chi connectivity index (χ2v) is 5.92. The molecular formula is C16H28N2O. The van der Waals surface area contributed by atoms with Crippen LogP contribution in [0.4, 0.5) is 0 Å². The van der Waals surface area contributed by atoms with Crippen LogP contribution < -0.4 is 15.8 Å². The summed E-state index contributed by atoms with van der Waals surface area (Å²) in [5, 5.41) is 3.58. The van der Waals surface area contributed by atoms with Crippen molar-refractivity contribution in [2.24, 2.45) is 5.73 Å². The summed E-state index contributed by atoms with van der Waals surface area (Å²) in [5.41, 5.74) is 10.7. The normalized spacial score (nSPS) is 11.7. The highest BCUT2D eigenvalue weighted by Gasteiger charge is 2.18. The van der Waals surface area contributed by atoms with Crippen molar-refractivity contribution in [3.8, 4) is 5.75 Å². The fourth-order valence-electron chi connectivity index (χ4n) is 2.38. The molecule has 0 aromatic heterocycles. The second-order valence-electron chi connectivity index (χ2n) is 5.92. The van der Waals surface area contributed by atoms with Crippen LogP contribution >= 0.6 is 0 Å². The molecular weight excluding hydrogens is 236 g/mol. The lowest BCUT2D eigenvalue weighted by atomic mass is 9.96. The molecule has 19 heavy (non-hydrogen) atoms. The SMILES string of the molecule is COc1c(C)c(C)cc(C)c1CNC(C)(C)CCN. The van der Waals surface area contributed by atoms with Crippen molar-refractivity contribution in [3.05, 3.63) is 28.3 Å². The van der Waals surface area contributed by atoms with Gasteiger partial charge in [0.2, 0.25) is 0 Å². The van der Waals surface area contributed by atoms with Crippen LogP contribution in [0.15, 0.2) is 6.07 Å². The number of nitrogens with two attached hydrogens (primary N) is 1. The smallest absolute Gasteiger partial charge is 0.126 e. The monoisotopic (exact) mass is 264 g/mol. The van der Waals surface area contributed by atoms with Gasteiger partial charge in [-0.3, -0.25) is 0 Å². The third-order valence-electron chi connectivity index (χ3n) is 3.83. The quantitative estimate of drug-likeness (QED) is 0.830. The van der Waals surface area contributed by atoms with Gasteiger partial charge in [0.1, 0.15) is 5.75 Å². The molecule has 1 rings (SSSR count). The third kappa shape index (κ3) is 3.95. The van der Waals surface area contributed by atoms with Gasteiger partial charge in [-0.25, -0.2) is 0 Å². The number of hydrogen-bond acceptors (Lipinski definition) is 3. The standard InChI is InChI=1S/C16H28N2O/c1-11-9-12(2)14(15(19-6)13(11)3)10-18-16(4,5)7-8-17/h9,18H,7-8,10,17H2,1-6H3. The average Bonchev–Trinajstić information content (AvgIpc) is 2.31. The van der Waals surface area contributed by atoms with Gasteiger partial charge in [-0.05, 0) is 64.3 Å². The molecule has 3 nitrogen and oxygen atoms in total. The minimum absolute atomic E-state index is 0.0466. The van der Waals surface area contributed by atoms with Crippen LogP contribution in [0, 0.1) is 20.8 Å². The second kappa shape index (κ2) is 6.40. The number of nitrogens with one attached hydrogen (secondary N) is 1. The van der Waals surface area contributed by atoms with E-state index in [-0.39, 0.29) is 5.54 Å². The number of hydrogen-bond donors (Lipinski definition) is 2. The molecule has 0 aliphatic rings. The maximum Gasteiger partial charge on any atom is 0.126 e. The third-order valence-corrected chi connectivity index (χ3v) is 3.83. The van der Waals surface area contributed by atoms with Crippen LogP contribution in [0.1, 0.15) is 42.5 Å². The van der Waals surface area contributed by atoms with Crippen molar-refractivity contribution in [2.45, 2.75) is 53.1 Å². The van der Waals surface area contributed by atoms with Gasteiger partial charge in [0, 0.05) is 17.6 Å². The molecule has 108 valence electrons. The molecule has 0 aliphatic heterocycles. The molecule has 0 bridgehead atoms. The van der Waals surface area contributed by atoms with Gasteiger partial charge in [0.25, 0.3) is 0 Å². The molecule has 0 radical (unpaired) electrons.